The predicted octanol–water partition coefficient (Wildman–Crippen LogP) is 1.66. The summed E-state index contributed by atoms with van der Waals surface area (Å²) in [6.07, 6.45) is 0. The molecule has 0 radical (unpaired) electrons. The first kappa shape index (κ1) is 18.1. The number of nitro benzene ring substituents is 1. The summed E-state index contributed by atoms with van der Waals surface area (Å²) in [6.45, 7) is 2.65. The Hall–Kier alpha value is -1.90. The lowest BCUT2D eigenvalue weighted by Crippen LogP contribution is -2.12. The number of hydrogen-bond donors (Lipinski definition) is 0. The molecule has 0 fully saturated rings. The number of nitro groups is 1. The number of rotatable bonds is 12. The van der Waals surface area contributed by atoms with Crippen molar-refractivity contribution in [2.45, 2.75) is 0 Å². The second-order valence-electron chi connectivity index (χ2n) is 4.19. The van der Waals surface area contributed by atoms with Gasteiger partial charge >= 0.3 is 0 Å². The fourth-order valence-corrected chi connectivity index (χ4v) is 1.55. The molecule has 1 rings (SSSR count). The van der Waals surface area contributed by atoms with Crippen molar-refractivity contribution >= 4 is 5.69 Å². The molecule has 0 saturated heterocycles. The van der Waals surface area contributed by atoms with Crippen LogP contribution in [0.2, 0.25) is 0 Å². The third kappa shape index (κ3) is 7.21. The van der Waals surface area contributed by atoms with E-state index >= 15 is 0 Å². The molecule has 0 heterocycles. The van der Waals surface area contributed by atoms with Gasteiger partial charge in [0.05, 0.1) is 57.2 Å². The number of nitrogens with zero attached hydrogens (tertiary/aromatic N) is 1. The lowest BCUT2D eigenvalue weighted by molar-refractivity contribution is -0.385. The first-order valence-corrected chi connectivity index (χ1v) is 6.78. The third-order valence-corrected chi connectivity index (χ3v) is 2.61. The van der Waals surface area contributed by atoms with Crippen LogP contribution in [0.3, 0.4) is 0 Å². The molecule has 0 saturated carbocycles. The van der Waals surface area contributed by atoms with Gasteiger partial charge in [0, 0.05) is 13.2 Å². The minimum Gasteiger partial charge on any atom is -0.496 e. The summed E-state index contributed by atoms with van der Waals surface area (Å²) in [5.74, 6) is 0.739. The molecule has 0 aromatic heterocycles. The first-order chi connectivity index (χ1) is 10.7. The van der Waals surface area contributed by atoms with E-state index in [0.717, 1.165) is 0 Å². The molecule has 8 heteroatoms. The topological polar surface area (TPSA) is 89.3 Å². The van der Waals surface area contributed by atoms with E-state index < -0.39 is 4.92 Å². The summed E-state index contributed by atoms with van der Waals surface area (Å²) >= 11 is 0. The van der Waals surface area contributed by atoms with Gasteiger partial charge in [-0.25, -0.2) is 0 Å². The Labute approximate surface area is 129 Å². The van der Waals surface area contributed by atoms with Gasteiger partial charge in [-0.1, -0.05) is 0 Å². The Bertz CT molecular complexity index is 453. The average Bonchev–Trinajstić information content (AvgIpc) is 2.53. The largest absolute Gasteiger partial charge is 0.496 e. The second kappa shape index (κ2) is 10.8. The first-order valence-electron chi connectivity index (χ1n) is 6.78. The average molecular weight is 315 g/mol. The monoisotopic (exact) mass is 315 g/mol. The van der Waals surface area contributed by atoms with Crippen LogP contribution in [0.4, 0.5) is 5.69 Å². The summed E-state index contributed by atoms with van der Waals surface area (Å²) in [4.78, 5) is 10.3. The smallest absolute Gasteiger partial charge is 0.276 e. The molecule has 0 N–H and O–H groups in total. The van der Waals surface area contributed by atoms with E-state index in [1.165, 1.54) is 19.2 Å². The van der Waals surface area contributed by atoms with Crippen molar-refractivity contribution < 1.29 is 28.6 Å². The number of hydrogen-bond acceptors (Lipinski definition) is 7. The molecule has 0 atom stereocenters. The van der Waals surface area contributed by atoms with E-state index in [-0.39, 0.29) is 12.3 Å². The van der Waals surface area contributed by atoms with Crippen molar-refractivity contribution in [2.24, 2.45) is 0 Å². The SMILES string of the molecule is COCCOCCOCCOc1cc(OC)cc([N+](=O)[O-])c1. The van der Waals surface area contributed by atoms with Gasteiger partial charge in [-0.15, -0.1) is 0 Å². The van der Waals surface area contributed by atoms with Crippen molar-refractivity contribution in [3.05, 3.63) is 28.3 Å². The Kier molecular flexibility index (Phi) is 8.89. The molecule has 8 nitrogen and oxygen atoms in total. The van der Waals surface area contributed by atoms with Gasteiger partial charge in [-0.05, 0) is 0 Å². The summed E-state index contributed by atoms with van der Waals surface area (Å²) in [6, 6.07) is 4.26. The van der Waals surface area contributed by atoms with Crippen LogP contribution in [0.25, 0.3) is 0 Å². The van der Waals surface area contributed by atoms with Crippen LogP contribution in [0.15, 0.2) is 18.2 Å². The van der Waals surface area contributed by atoms with Crippen LogP contribution in [0.5, 0.6) is 11.5 Å². The van der Waals surface area contributed by atoms with E-state index in [1.54, 1.807) is 13.2 Å². The molecule has 1 aromatic carbocycles. The van der Waals surface area contributed by atoms with E-state index in [2.05, 4.69) is 0 Å². The molecule has 0 unspecified atom stereocenters. The fraction of sp³-hybridized carbons (Fsp3) is 0.571. The second-order valence-corrected chi connectivity index (χ2v) is 4.19. The van der Waals surface area contributed by atoms with E-state index in [1.807, 2.05) is 0 Å². The lowest BCUT2D eigenvalue weighted by atomic mass is 10.3. The standard InChI is InChI=1S/C14H21NO7/c1-18-3-4-20-5-6-21-7-8-22-14-10-12(15(16)17)9-13(11-14)19-2/h9-11H,3-8H2,1-2H3. The number of benzene rings is 1. The zero-order chi connectivity index (χ0) is 16.2. The molecular weight excluding hydrogens is 294 g/mol. The Morgan fingerprint density at radius 2 is 1.50 bits per heavy atom. The minimum atomic E-state index is -0.497. The van der Waals surface area contributed by atoms with Gasteiger partial charge in [0.15, 0.2) is 0 Å². The molecule has 124 valence electrons. The van der Waals surface area contributed by atoms with Crippen molar-refractivity contribution in [2.75, 3.05) is 53.9 Å². The highest BCUT2D eigenvalue weighted by molar-refractivity contribution is 5.45. The molecule has 1 aromatic rings. The number of methoxy groups -OCH3 is 2. The molecule has 22 heavy (non-hydrogen) atoms. The van der Waals surface area contributed by atoms with E-state index in [9.17, 15) is 10.1 Å². The maximum absolute atomic E-state index is 10.8. The predicted molar refractivity (Wildman–Crippen MR) is 78.7 cm³/mol. The van der Waals surface area contributed by atoms with E-state index in [4.69, 9.17) is 23.7 Å². The highest BCUT2D eigenvalue weighted by Gasteiger charge is 2.10. The normalized spacial score (nSPS) is 10.5. The van der Waals surface area contributed by atoms with Crippen LogP contribution in [0, 0.1) is 10.1 Å². The molecule has 0 aliphatic carbocycles. The zero-order valence-corrected chi connectivity index (χ0v) is 12.8. The summed E-state index contributed by atoms with van der Waals surface area (Å²) in [5.41, 5.74) is -0.0817. The minimum absolute atomic E-state index is 0.0817. The molecule has 0 aliphatic heterocycles. The summed E-state index contributed by atoms with van der Waals surface area (Å²) in [7, 11) is 3.05. The lowest BCUT2D eigenvalue weighted by Gasteiger charge is -2.09. The zero-order valence-electron chi connectivity index (χ0n) is 12.8. The third-order valence-electron chi connectivity index (χ3n) is 2.61. The number of ether oxygens (including phenoxy) is 5. The summed E-state index contributed by atoms with van der Waals surface area (Å²) in [5, 5.41) is 10.8. The maximum Gasteiger partial charge on any atom is 0.276 e. The van der Waals surface area contributed by atoms with Gasteiger partial charge in [0.1, 0.15) is 18.1 Å². The molecular formula is C14H21NO7. The van der Waals surface area contributed by atoms with Gasteiger partial charge in [0.25, 0.3) is 5.69 Å². The summed E-state index contributed by atoms with van der Waals surface area (Å²) < 4.78 is 25.8. The highest BCUT2D eigenvalue weighted by Crippen LogP contribution is 2.27. The molecule has 0 bridgehead atoms. The van der Waals surface area contributed by atoms with Gasteiger partial charge in [-0.2, -0.15) is 0 Å². The van der Waals surface area contributed by atoms with Gasteiger partial charge in [-0.3, -0.25) is 10.1 Å². The highest BCUT2D eigenvalue weighted by atomic mass is 16.6. The van der Waals surface area contributed by atoms with Gasteiger partial charge in [0.2, 0.25) is 0 Å². The molecule has 0 spiro atoms. The quantitative estimate of drug-likeness (QED) is 0.329. The molecule has 0 amide bonds. The van der Waals surface area contributed by atoms with Crippen molar-refractivity contribution in [1.29, 1.82) is 0 Å². The van der Waals surface area contributed by atoms with Gasteiger partial charge < -0.3 is 23.7 Å². The number of non-ortho nitro benzene ring substituents is 1. The Morgan fingerprint density at radius 3 is 2.09 bits per heavy atom. The van der Waals surface area contributed by atoms with Crippen LogP contribution >= 0.6 is 0 Å². The fourth-order valence-electron chi connectivity index (χ4n) is 1.55. The Balaban J connectivity index is 2.24. The van der Waals surface area contributed by atoms with Crippen LogP contribution < -0.4 is 9.47 Å². The van der Waals surface area contributed by atoms with Crippen LogP contribution in [-0.2, 0) is 14.2 Å². The maximum atomic E-state index is 10.8. The van der Waals surface area contributed by atoms with Crippen molar-refractivity contribution in [3.63, 3.8) is 0 Å². The van der Waals surface area contributed by atoms with E-state index in [0.29, 0.717) is 44.5 Å². The Morgan fingerprint density at radius 1 is 0.909 bits per heavy atom. The van der Waals surface area contributed by atoms with Crippen molar-refractivity contribution in [3.8, 4) is 11.5 Å². The van der Waals surface area contributed by atoms with Crippen LogP contribution in [0.1, 0.15) is 0 Å². The van der Waals surface area contributed by atoms with Crippen molar-refractivity contribution in [1.82, 2.24) is 0 Å². The van der Waals surface area contributed by atoms with Crippen LogP contribution in [-0.4, -0.2) is 58.8 Å². The molecule has 0 aliphatic rings.